The molecule has 1 heterocycles. The van der Waals surface area contributed by atoms with Crippen LogP contribution < -0.4 is 5.32 Å². The van der Waals surface area contributed by atoms with Gasteiger partial charge in [0.1, 0.15) is 0 Å². The molecule has 0 saturated carbocycles. The second kappa shape index (κ2) is 6.35. The van der Waals surface area contributed by atoms with Crippen LogP contribution in [0.5, 0.6) is 0 Å². The van der Waals surface area contributed by atoms with Gasteiger partial charge in [0, 0.05) is 25.3 Å². The van der Waals surface area contributed by atoms with E-state index >= 15 is 0 Å². The molecule has 0 spiro atoms. The Morgan fingerprint density at radius 2 is 1.38 bits per heavy atom. The largest absolute Gasteiger partial charge is 0.396 e. The van der Waals surface area contributed by atoms with Crippen LogP contribution in [0.25, 0.3) is 0 Å². The predicted molar refractivity (Wildman–Crippen MR) is 52.6 cm³/mol. The van der Waals surface area contributed by atoms with Crippen molar-refractivity contribution in [1.29, 1.82) is 0 Å². The van der Waals surface area contributed by atoms with Gasteiger partial charge >= 0.3 is 0 Å². The first-order valence-corrected chi connectivity index (χ1v) is 5.34. The van der Waals surface area contributed by atoms with Crippen LogP contribution in [0.1, 0.15) is 38.5 Å². The van der Waals surface area contributed by atoms with Gasteiger partial charge in [0.15, 0.2) is 0 Å². The van der Waals surface area contributed by atoms with Gasteiger partial charge in [0.05, 0.1) is 0 Å². The molecular formula is C10H21NO2. The van der Waals surface area contributed by atoms with Gasteiger partial charge in [-0.2, -0.15) is 0 Å². The fourth-order valence-electron chi connectivity index (χ4n) is 2.03. The Bertz CT molecular complexity index is 116. The summed E-state index contributed by atoms with van der Waals surface area (Å²) in [6, 6.07) is 1.21. The Kier molecular flexibility index (Phi) is 5.35. The zero-order valence-electron chi connectivity index (χ0n) is 8.21. The minimum absolute atomic E-state index is 0.305. The normalized spacial score (nSPS) is 28.2. The highest BCUT2D eigenvalue weighted by molar-refractivity contribution is 4.82. The standard InChI is InChI=1S/C10H21NO2/c12-7-1-3-9-5-6-10(11-9)4-2-8-13/h9-13H,1-8H2. The molecule has 1 aliphatic rings. The first kappa shape index (κ1) is 11.0. The predicted octanol–water partition coefficient (Wildman–Crippen LogP) is 0.652. The van der Waals surface area contributed by atoms with Crippen molar-refractivity contribution in [3.8, 4) is 0 Å². The topological polar surface area (TPSA) is 52.5 Å². The maximum Gasteiger partial charge on any atom is 0.0431 e. The van der Waals surface area contributed by atoms with Crippen LogP contribution in [0.4, 0.5) is 0 Å². The summed E-state index contributed by atoms with van der Waals surface area (Å²) < 4.78 is 0. The summed E-state index contributed by atoms with van der Waals surface area (Å²) in [6.45, 7) is 0.610. The second-order valence-corrected chi connectivity index (χ2v) is 3.87. The van der Waals surface area contributed by atoms with E-state index in [0.29, 0.717) is 25.3 Å². The molecule has 13 heavy (non-hydrogen) atoms. The maximum absolute atomic E-state index is 8.67. The smallest absolute Gasteiger partial charge is 0.0431 e. The Morgan fingerprint density at radius 3 is 1.77 bits per heavy atom. The molecule has 1 fully saturated rings. The van der Waals surface area contributed by atoms with Crippen LogP contribution in [0.3, 0.4) is 0 Å². The minimum atomic E-state index is 0.305. The van der Waals surface area contributed by atoms with Crippen molar-refractivity contribution >= 4 is 0 Å². The van der Waals surface area contributed by atoms with Gasteiger partial charge in [-0.1, -0.05) is 0 Å². The quantitative estimate of drug-likeness (QED) is 0.572. The van der Waals surface area contributed by atoms with Crippen molar-refractivity contribution in [2.24, 2.45) is 0 Å². The lowest BCUT2D eigenvalue weighted by Gasteiger charge is -2.13. The highest BCUT2D eigenvalue weighted by Crippen LogP contribution is 2.19. The molecular weight excluding hydrogens is 166 g/mol. The molecule has 3 heteroatoms. The van der Waals surface area contributed by atoms with Crippen LogP contribution in [0.2, 0.25) is 0 Å². The van der Waals surface area contributed by atoms with Crippen molar-refractivity contribution in [2.75, 3.05) is 13.2 Å². The van der Waals surface area contributed by atoms with Crippen LogP contribution in [0.15, 0.2) is 0 Å². The fraction of sp³-hybridized carbons (Fsp3) is 1.00. The number of nitrogens with one attached hydrogen (secondary N) is 1. The maximum atomic E-state index is 8.67. The Morgan fingerprint density at radius 1 is 0.923 bits per heavy atom. The van der Waals surface area contributed by atoms with Crippen molar-refractivity contribution in [1.82, 2.24) is 5.32 Å². The molecule has 0 radical (unpaired) electrons. The molecule has 2 atom stereocenters. The van der Waals surface area contributed by atoms with Gasteiger partial charge in [-0.25, -0.2) is 0 Å². The summed E-state index contributed by atoms with van der Waals surface area (Å²) >= 11 is 0. The monoisotopic (exact) mass is 187 g/mol. The second-order valence-electron chi connectivity index (χ2n) is 3.87. The lowest BCUT2D eigenvalue weighted by Crippen LogP contribution is -2.29. The summed E-state index contributed by atoms with van der Waals surface area (Å²) in [7, 11) is 0. The van der Waals surface area contributed by atoms with E-state index in [1.165, 1.54) is 12.8 Å². The first-order valence-electron chi connectivity index (χ1n) is 5.34. The highest BCUT2D eigenvalue weighted by Gasteiger charge is 2.22. The third kappa shape index (κ3) is 4.07. The van der Waals surface area contributed by atoms with Gasteiger partial charge in [-0.15, -0.1) is 0 Å². The summed E-state index contributed by atoms with van der Waals surface area (Å²) in [6.07, 6.45) is 6.46. The minimum Gasteiger partial charge on any atom is -0.396 e. The third-order valence-corrected chi connectivity index (χ3v) is 2.76. The fourth-order valence-corrected chi connectivity index (χ4v) is 2.03. The number of rotatable bonds is 6. The molecule has 0 aromatic heterocycles. The molecule has 1 saturated heterocycles. The molecule has 1 aliphatic heterocycles. The SMILES string of the molecule is OCCCC1CCC(CCCO)N1. The molecule has 0 aliphatic carbocycles. The molecule has 2 unspecified atom stereocenters. The van der Waals surface area contributed by atoms with Crippen LogP contribution in [-0.4, -0.2) is 35.5 Å². The molecule has 0 amide bonds. The average Bonchev–Trinajstić information content (AvgIpc) is 2.59. The van der Waals surface area contributed by atoms with Crippen molar-refractivity contribution < 1.29 is 10.2 Å². The molecule has 0 bridgehead atoms. The van der Waals surface area contributed by atoms with Gasteiger partial charge in [-0.05, 0) is 38.5 Å². The molecule has 0 aromatic rings. The van der Waals surface area contributed by atoms with E-state index in [4.69, 9.17) is 10.2 Å². The van der Waals surface area contributed by atoms with Crippen LogP contribution >= 0.6 is 0 Å². The molecule has 3 nitrogen and oxygen atoms in total. The average molecular weight is 187 g/mol. The Labute approximate surface area is 80.2 Å². The van der Waals surface area contributed by atoms with Gasteiger partial charge in [0.25, 0.3) is 0 Å². The molecule has 78 valence electrons. The van der Waals surface area contributed by atoms with E-state index in [9.17, 15) is 0 Å². The van der Waals surface area contributed by atoms with Crippen molar-refractivity contribution in [2.45, 2.75) is 50.6 Å². The highest BCUT2D eigenvalue weighted by atomic mass is 16.3. The zero-order chi connectivity index (χ0) is 9.52. The van der Waals surface area contributed by atoms with Crippen LogP contribution in [-0.2, 0) is 0 Å². The Hall–Kier alpha value is -0.120. The number of hydrogen-bond acceptors (Lipinski definition) is 3. The number of aliphatic hydroxyl groups excluding tert-OH is 2. The summed E-state index contributed by atoms with van der Waals surface area (Å²) in [4.78, 5) is 0. The van der Waals surface area contributed by atoms with E-state index in [-0.39, 0.29) is 0 Å². The van der Waals surface area contributed by atoms with E-state index in [0.717, 1.165) is 25.7 Å². The first-order chi connectivity index (χ1) is 6.36. The molecule has 1 rings (SSSR count). The van der Waals surface area contributed by atoms with Gasteiger partial charge < -0.3 is 15.5 Å². The lowest BCUT2D eigenvalue weighted by atomic mass is 10.1. The summed E-state index contributed by atoms with van der Waals surface area (Å²) in [5.41, 5.74) is 0. The summed E-state index contributed by atoms with van der Waals surface area (Å²) in [5, 5.41) is 20.9. The lowest BCUT2D eigenvalue weighted by molar-refractivity contribution is 0.271. The van der Waals surface area contributed by atoms with E-state index in [1.54, 1.807) is 0 Å². The number of aliphatic hydroxyl groups is 2. The number of hydrogen-bond donors (Lipinski definition) is 3. The van der Waals surface area contributed by atoms with E-state index in [2.05, 4.69) is 5.32 Å². The van der Waals surface area contributed by atoms with Gasteiger partial charge in [-0.3, -0.25) is 0 Å². The van der Waals surface area contributed by atoms with Gasteiger partial charge in [0.2, 0.25) is 0 Å². The third-order valence-electron chi connectivity index (χ3n) is 2.76. The zero-order valence-corrected chi connectivity index (χ0v) is 8.21. The van der Waals surface area contributed by atoms with Crippen LogP contribution in [0, 0.1) is 0 Å². The Balaban J connectivity index is 2.05. The molecule has 0 aromatic carbocycles. The van der Waals surface area contributed by atoms with Crippen molar-refractivity contribution in [3.05, 3.63) is 0 Å². The van der Waals surface area contributed by atoms with E-state index in [1.807, 2.05) is 0 Å². The summed E-state index contributed by atoms with van der Waals surface area (Å²) in [5.74, 6) is 0. The van der Waals surface area contributed by atoms with Crippen molar-refractivity contribution in [3.63, 3.8) is 0 Å². The van der Waals surface area contributed by atoms with E-state index < -0.39 is 0 Å². The molecule has 3 N–H and O–H groups in total.